The molecule has 3 rings (SSSR count). The Bertz CT molecular complexity index is 520. The molecule has 2 aromatic rings. The van der Waals surface area contributed by atoms with Crippen LogP contribution in [0.15, 0.2) is 48.8 Å². The first-order chi connectivity index (χ1) is 9.33. The van der Waals surface area contributed by atoms with Crippen LogP contribution in [0.4, 0.5) is 0 Å². The van der Waals surface area contributed by atoms with Crippen LogP contribution in [0.3, 0.4) is 0 Å². The molecule has 1 aromatic heterocycles. The standard InChI is InChI=1S/C16H17NO2/c18-16(13-3-4-13)14-5-7-15(8-6-14)19-11-12-2-1-9-17-10-12/h1-2,5-10,13,16,18H,3-4,11H2. The number of aliphatic hydroxyl groups is 1. The average Bonchev–Trinajstić information content (AvgIpc) is 3.31. The molecular formula is C16H17NO2. The molecule has 98 valence electrons. The van der Waals surface area contributed by atoms with Crippen LogP contribution in [0, 0.1) is 5.92 Å². The minimum atomic E-state index is -0.313. The van der Waals surface area contributed by atoms with Gasteiger partial charge in [0.2, 0.25) is 0 Å². The SMILES string of the molecule is OC(c1ccc(OCc2cccnc2)cc1)C1CC1. The number of hydrogen-bond acceptors (Lipinski definition) is 3. The Morgan fingerprint density at radius 1 is 1.21 bits per heavy atom. The summed E-state index contributed by atoms with van der Waals surface area (Å²) in [5.74, 6) is 1.28. The summed E-state index contributed by atoms with van der Waals surface area (Å²) in [6.07, 6.45) is 5.51. The fourth-order valence-electron chi connectivity index (χ4n) is 2.10. The van der Waals surface area contributed by atoms with E-state index in [4.69, 9.17) is 4.74 Å². The quantitative estimate of drug-likeness (QED) is 0.892. The molecule has 1 saturated carbocycles. The van der Waals surface area contributed by atoms with E-state index in [0.29, 0.717) is 12.5 Å². The molecular weight excluding hydrogens is 238 g/mol. The second kappa shape index (κ2) is 5.41. The molecule has 3 heteroatoms. The maximum Gasteiger partial charge on any atom is 0.119 e. The molecule has 1 atom stereocenters. The molecule has 0 bridgehead atoms. The molecule has 0 radical (unpaired) electrons. The summed E-state index contributed by atoms with van der Waals surface area (Å²) in [5, 5.41) is 10.0. The second-order valence-corrected chi connectivity index (χ2v) is 5.00. The highest BCUT2D eigenvalue weighted by Gasteiger charge is 2.30. The third-order valence-electron chi connectivity index (χ3n) is 3.42. The molecule has 1 N–H and O–H groups in total. The van der Waals surface area contributed by atoms with Crippen LogP contribution < -0.4 is 4.74 Å². The molecule has 0 aliphatic heterocycles. The number of aliphatic hydroxyl groups excluding tert-OH is 1. The summed E-state index contributed by atoms with van der Waals surface area (Å²) in [6.45, 7) is 0.512. The molecule has 3 nitrogen and oxygen atoms in total. The van der Waals surface area contributed by atoms with E-state index in [0.717, 1.165) is 29.7 Å². The van der Waals surface area contributed by atoms with Gasteiger partial charge in [0.1, 0.15) is 12.4 Å². The average molecular weight is 255 g/mol. The van der Waals surface area contributed by atoms with E-state index in [1.54, 1.807) is 12.4 Å². The topological polar surface area (TPSA) is 42.4 Å². The van der Waals surface area contributed by atoms with Crippen molar-refractivity contribution in [2.45, 2.75) is 25.6 Å². The number of benzene rings is 1. The Balaban J connectivity index is 1.59. The molecule has 1 aliphatic carbocycles. The van der Waals surface area contributed by atoms with Gasteiger partial charge < -0.3 is 9.84 Å². The van der Waals surface area contributed by atoms with Crippen LogP contribution in [-0.4, -0.2) is 10.1 Å². The van der Waals surface area contributed by atoms with Gasteiger partial charge in [-0.25, -0.2) is 0 Å². The van der Waals surface area contributed by atoms with E-state index in [1.807, 2.05) is 36.4 Å². The Hall–Kier alpha value is -1.87. The van der Waals surface area contributed by atoms with Gasteiger partial charge in [0.25, 0.3) is 0 Å². The third-order valence-corrected chi connectivity index (χ3v) is 3.42. The molecule has 0 amide bonds. The van der Waals surface area contributed by atoms with Gasteiger partial charge in [-0.3, -0.25) is 4.98 Å². The van der Waals surface area contributed by atoms with Gasteiger partial charge in [0.05, 0.1) is 6.10 Å². The lowest BCUT2D eigenvalue weighted by atomic mass is 10.1. The second-order valence-electron chi connectivity index (χ2n) is 5.00. The van der Waals surface area contributed by atoms with Crippen LogP contribution in [-0.2, 0) is 6.61 Å². The zero-order valence-corrected chi connectivity index (χ0v) is 10.7. The Morgan fingerprint density at radius 3 is 2.63 bits per heavy atom. The summed E-state index contributed by atoms with van der Waals surface area (Å²) in [6, 6.07) is 11.6. The van der Waals surface area contributed by atoms with Gasteiger partial charge in [0, 0.05) is 18.0 Å². The predicted octanol–water partition coefficient (Wildman–Crippen LogP) is 3.10. The molecule has 1 unspecified atom stereocenters. The summed E-state index contributed by atoms with van der Waals surface area (Å²) < 4.78 is 5.68. The lowest BCUT2D eigenvalue weighted by molar-refractivity contribution is 0.153. The molecule has 19 heavy (non-hydrogen) atoms. The van der Waals surface area contributed by atoms with Crippen molar-refractivity contribution in [2.24, 2.45) is 5.92 Å². The highest BCUT2D eigenvalue weighted by Crippen LogP contribution is 2.41. The van der Waals surface area contributed by atoms with Gasteiger partial charge in [-0.15, -0.1) is 0 Å². The van der Waals surface area contributed by atoms with Gasteiger partial charge in [-0.2, -0.15) is 0 Å². The number of pyridine rings is 1. The molecule has 1 aliphatic rings. The van der Waals surface area contributed by atoms with Crippen molar-refractivity contribution in [3.05, 3.63) is 59.9 Å². The normalized spacial score (nSPS) is 16.1. The summed E-state index contributed by atoms with van der Waals surface area (Å²) in [4.78, 5) is 4.05. The van der Waals surface area contributed by atoms with E-state index >= 15 is 0 Å². The molecule has 1 aromatic carbocycles. The molecule has 1 heterocycles. The van der Waals surface area contributed by atoms with Crippen LogP contribution in [0.2, 0.25) is 0 Å². The van der Waals surface area contributed by atoms with Crippen LogP contribution in [0.25, 0.3) is 0 Å². The predicted molar refractivity (Wildman–Crippen MR) is 72.7 cm³/mol. The molecule has 0 saturated heterocycles. The summed E-state index contributed by atoms with van der Waals surface area (Å²) in [5.41, 5.74) is 2.03. The first-order valence-corrected chi connectivity index (χ1v) is 6.62. The van der Waals surface area contributed by atoms with Crippen molar-refractivity contribution in [1.82, 2.24) is 4.98 Å². The number of ether oxygens (including phenoxy) is 1. The van der Waals surface area contributed by atoms with Crippen molar-refractivity contribution in [3.8, 4) is 5.75 Å². The Labute approximate surface area is 112 Å². The molecule has 1 fully saturated rings. The van der Waals surface area contributed by atoms with Crippen LogP contribution in [0.1, 0.15) is 30.1 Å². The largest absolute Gasteiger partial charge is 0.489 e. The number of hydrogen-bond donors (Lipinski definition) is 1. The minimum absolute atomic E-state index is 0.313. The van der Waals surface area contributed by atoms with Crippen molar-refractivity contribution in [2.75, 3.05) is 0 Å². The summed E-state index contributed by atoms with van der Waals surface area (Å²) >= 11 is 0. The zero-order chi connectivity index (χ0) is 13.1. The first-order valence-electron chi connectivity index (χ1n) is 6.62. The number of rotatable bonds is 5. The van der Waals surface area contributed by atoms with E-state index in [1.165, 1.54) is 0 Å². The van der Waals surface area contributed by atoms with Gasteiger partial charge >= 0.3 is 0 Å². The number of nitrogens with zero attached hydrogens (tertiary/aromatic N) is 1. The van der Waals surface area contributed by atoms with E-state index in [-0.39, 0.29) is 6.10 Å². The summed E-state index contributed by atoms with van der Waals surface area (Å²) in [7, 11) is 0. The smallest absolute Gasteiger partial charge is 0.119 e. The van der Waals surface area contributed by atoms with E-state index in [2.05, 4.69) is 4.98 Å². The highest BCUT2D eigenvalue weighted by atomic mass is 16.5. The van der Waals surface area contributed by atoms with Gasteiger partial charge in [-0.1, -0.05) is 18.2 Å². The van der Waals surface area contributed by atoms with Crippen LogP contribution in [0.5, 0.6) is 5.75 Å². The fraction of sp³-hybridized carbons (Fsp3) is 0.312. The Morgan fingerprint density at radius 2 is 2.00 bits per heavy atom. The van der Waals surface area contributed by atoms with E-state index in [9.17, 15) is 5.11 Å². The lowest BCUT2D eigenvalue weighted by Gasteiger charge is -2.11. The van der Waals surface area contributed by atoms with Crippen molar-refractivity contribution in [1.29, 1.82) is 0 Å². The fourth-order valence-corrected chi connectivity index (χ4v) is 2.10. The number of aromatic nitrogens is 1. The van der Waals surface area contributed by atoms with Crippen molar-refractivity contribution in [3.63, 3.8) is 0 Å². The minimum Gasteiger partial charge on any atom is -0.489 e. The maximum absolute atomic E-state index is 10.0. The van der Waals surface area contributed by atoms with E-state index < -0.39 is 0 Å². The van der Waals surface area contributed by atoms with Crippen molar-refractivity contribution < 1.29 is 9.84 Å². The third kappa shape index (κ3) is 3.12. The van der Waals surface area contributed by atoms with Gasteiger partial charge in [0.15, 0.2) is 0 Å². The van der Waals surface area contributed by atoms with Crippen molar-refractivity contribution >= 4 is 0 Å². The first kappa shape index (κ1) is 12.2. The lowest BCUT2D eigenvalue weighted by Crippen LogP contribution is -2.00. The zero-order valence-electron chi connectivity index (χ0n) is 10.7. The molecule has 0 spiro atoms. The monoisotopic (exact) mass is 255 g/mol. The van der Waals surface area contributed by atoms with Gasteiger partial charge in [-0.05, 0) is 42.5 Å². The Kier molecular flexibility index (Phi) is 3.47. The van der Waals surface area contributed by atoms with Crippen LogP contribution >= 0.6 is 0 Å². The maximum atomic E-state index is 10.0. The highest BCUT2D eigenvalue weighted by molar-refractivity contribution is 5.29.